The highest BCUT2D eigenvalue weighted by Crippen LogP contribution is 2.19. The summed E-state index contributed by atoms with van der Waals surface area (Å²) < 4.78 is 16.0. The first-order chi connectivity index (χ1) is 11.6. The van der Waals surface area contributed by atoms with Crippen molar-refractivity contribution in [3.8, 4) is 11.5 Å². The predicted molar refractivity (Wildman–Crippen MR) is 95.9 cm³/mol. The van der Waals surface area contributed by atoms with Crippen molar-refractivity contribution in [1.82, 2.24) is 5.32 Å². The molecule has 0 saturated heterocycles. The van der Waals surface area contributed by atoms with Crippen molar-refractivity contribution < 1.29 is 23.8 Å². The molecular formula is C19H29NO5. The molecular weight excluding hydrogens is 322 g/mol. The Hall–Kier alpha value is -2.24. The van der Waals surface area contributed by atoms with Gasteiger partial charge in [-0.2, -0.15) is 0 Å². The predicted octanol–water partition coefficient (Wildman–Crippen LogP) is 3.93. The van der Waals surface area contributed by atoms with Gasteiger partial charge in [0.2, 0.25) is 0 Å². The minimum atomic E-state index is -0.823. The second-order valence-electron chi connectivity index (χ2n) is 7.08. The highest BCUT2D eigenvalue weighted by molar-refractivity contribution is 5.82. The summed E-state index contributed by atoms with van der Waals surface area (Å²) in [7, 11) is 0. The molecule has 0 heterocycles. The van der Waals surface area contributed by atoms with E-state index in [0.29, 0.717) is 18.3 Å². The second-order valence-corrected chi connectivity index (χ2v) is 7.08. The molecule has 6 heteroatoms. The highest BCUT2D eigenvalue weighted by atomic mass is 16.6. The summed E-state index contributed by atoms with van der Waals surface area (Å²) in [4.78, 5) is 23.7. The van der Waals surface area contributed by atoms with Crippen LogP contribution in [0.2, 0.25) is 0 Å². The van der Waals surface area contributed by atoms with E-state index in [-0.39, 0.29) is 0 Å². The zero-order chi connectivity index (χ0) is 19.0. The first kappa shape index (κ1) is 20.8. The SMILES string of the molecule is CCC(C)COc1ccc(OC(=O)[C@@H](C)NC(=O)OC(C)(C)C)cc1. The van der Waals surface area contributed by atoms with Gasteiger partial charge in [-0.1, -0.05) is 20.3 Å². The van der Waals surface area contributed by atoms with Gasteiger partial charge >= 0.3 is 12.1 Å². The van der Waals surface area contributed by atoms with Gasteiger partial charge in [-0.15, -0.1) is 0 Å². The van der Waals surface area contributed by atoms with Gasteiger partial charge in [0.25, 0.3) is 0 Å². The number of hydrogen-bond acceptors (Lipinski definition) is 5. The van der Waals surface area contributed by atoms with E-state index in [2.05, 4.69) is 19.2 Å². The Kier molecular flexibility index (Phi) is 7.74. The van der Waals surface area contributed by atoms with Gasteiger partial charge in [-0.05, 0) is 57.9 Å². The minimum Gasteiger partial charge on any atom is -0.493 e. The number of alkyl carbamates (subject to hydrolysis) is 1. The fourth-order valence-corrected chi connectivity index (χ4v) is 1.71. The van der Waals surface area contributed by atoms with Crippen LogP contribution in [0, 0.1) is 5.92 Å². The zero-order valence-corrected chi connectivity index (χ0v) is 15.9. The lowest BCUT2D eigenvalue weighted by Crippen LogP contribution is -2.43. The molecule has 0 saturated carbocycles. The second kappa shape index (κ2) is 9.30. The minimum absolute atomic E-state index is 0.388. The lowest BCUT2D eigenvalue weighted by atomic mass is 10.1. The summed E-state index contributed by atoms with van der Waals surface area (Å²) in [5.74, 6) is 1.02. The third-order valence-electron chi connectivity index (χ3n) is 3.36. The average molecular weight is 351 g/mol. The van der Waals surface area contributed by atoms with E-state index in [4.69, 9.17) is 14.2 Å². The van der Waals surface area contributed by atoms with Gasteiger partial charge in [-0.3, -0.25) is 0 Å². The lowest BCUT2D eigenvalue weighted by Gasteiger charge is -2.21. The summed E-state index contributed by atoms with van der Waals surface area (Å²) in [6.07, 6.45) is 0.392. The van der Waals surface area contributed by atoms with Gasteiger partial charge in [0.05, 0.1) is 6.61 Å². The molecule has 1 aromatic rings. The average Bonchev–Trinajstić information content (AvgIpc) is 2.51. The zero-order valence-electron chi connectivity index (χ0n) is 15.9. The lowest BCUT2D eigenvalue weighted by molar-refractivity contribution is -0.136. The van der Waals surface area contributed by atoms with Crippen molar-refractivity contribution in [3.05, 3.63) is 24.3 Å². The number of carbonyl (C=O) groups is 2. The van der Waals surface area contributed by atoms with Crippen LogP contribution < -0.4 is 14.8 Å². The van der Waals surface area contributed by atoms with Crippen LogP contribution in [0.4, 0.5) is 4.79 Å². The van der Waals surface area contributed by atoms with Crippen molar-refractivity contribution in [3.63, 3.8) is 0 Å². The van der Waals surface area contributed by atoms with Gasteiger partial charge in [0.1, 0.15) is 23.1 Å². The van der Waals surface area contributed by atoms with Crippen molar-refractivity contribution in [2.45, 2.75) is 59.6 Å². The number of hydrogen-bond donors (Lipinski definition) is 1. The molecule has 0 aliphatic heterocycles. The molecule has 0 aliphatic carbocycles. The van der Waals surface area contributed by atoms with Crippen LogP contribution in [0.25, 0.3) is 0 Å². The van der Waals surface area contributed by atoms with E-state index in [9.17, 15) is 9.59 Å². The molecule has 6 nitrogen and oxygen atoms in total. The number of amides is 1. The molecule has 0 spiro atoms. The van der Waals surface area contributed by atoms with Gasteiger partial charge in [-0.25, -0.2) is 9.59 Å². The van der Waals surface area contributed by atoms with E-state index in [1.54, 1.807) is 45.0 Å². The van der Waals surface area contributed by atoms with Crippen LogP contribution in [0.1, 0.15) is 48.0 Å². The molecule has 1 aromatic carbocycles. The number of ether oxygens (including phenoxy) is 3. The number of nitrogens with one attached hydrogen (secondary N) is 1. The van der Waals surface area contributed by atoms with Crippen LogP contribution in [0.15, 0.2) is 24.3 Å². The largest absolute Gasteiger partial charge is 0.493 e. The molecule has 1 unspecified atom stereocenters. The van der Waals surface area contributed by atoms with E-state index >= 15 is 0 Å². The molecule has 1 amide bonds. The number of benzene rings is 1. The van der Waals surface area contributed by atoms with Crippen molar-refractivity contribution in [2.75, 3.05) is 6.61 Å². The molecule has 140 valence electrons. The standard InChI is InChI=1S/C19H29NO5/c1-7-13(2)12-23-15-8-10-16(11-9-15)24-17(21)14(3)20-18(22)25-19(4,5)6/h8-11,13-14H,7,12H2,1-6H3,(H,20,22)/t13?,14-/m1/s1. The molecule has 1 rings (SSSR count). The Labute approximate surface area is 149 Å². The summed E-state index contributed by atoms with van der Waals surface area (Å²) in [6.45, 7) is 11.7. The van der Waals surface area contributed by atoms with Gasteiger partial charge in [0, 0.05) is 0 Å². The van der Waals surface area contributed by atoms with E-state index in [0.717, 1.165) is 12.2 Å². The Morgan fingerprint density at radius 2 is 1.64 bits per heavy atom. The van der Waals surface area contributed by atoms with Gasteiger partial charge < -0.3 is 19.5 Å². The van der Waals surface area contributed by atoms with Crippen LogP contribution in [0.3, 0.4) is 0 Å². The number of rotatable bonds is 7. The Bertz CT molecular complexity index is 562. The van der Waals surface area contributed by atoms with Crippen LogP contribution in [-0.4, -0.2) is 30.3 Å². The number of esters is 1. The monoisotopic (exact) mass is 351 g/mol. The van der Waals surface area contributed by atoms with E-state index < -0.39 is 23.7 Å². The molecule has 0 aliphatic rings. The maximum atomic E-state index is 12.0. The van der Waals surface area contributed by atoms with Crippen molar-refractivity contribution in [2.24, 2.45) is 5.92 Å². The highest BCUT2D eigenvalue weighted by Gasteiger charge is 2.22. The molecule has 1 N–H and O–H groups in total. The molecule has 0 aromatic heterocycles. The Morgan fingerprint density at radius 3 is 2.16 bits per heavy atom. The molecule has 2 atom stereocenters. The van der Waals surface area contributed by atoms with Crippen LogP contribution in [-0.2, 0) is 9.53 Å². The fourth-order valence-electron chi connectivity index (χ4n) is 1.71. The molecule has 0 fully saturated rings. The topological polar surface area (TPSA) is 73.9 Å². The van der Waals surface area contributed by atoms with E-state index in [1.165, 1.54) is 6.92 Å². The van der Waals surface area contributed by atoms with Gasteiger partial charge in [0.15, 0.2) is 0 Å². The maximum Gasteiger partial charge on any atom is 0.408 e. The smallest absolute Gasteiger partial charge is 0.408 e. The van der Waals surface area contributed by atoms with Crippen LogP contribution in [0.5, 0.6) is 11.5 Å². The molecule has 0 bridgehead atoms. The molecule has 0 radical (unpaired) electrons. The fraction of sp³-hybridized carbons (Fsp3) is 0.579. The summed E-state index contributed by atoms with van der Waals surface area (Å²) in [5.41, 5.74) is -0.626. The van der Waals surface area contributed by atoms with E-state index in [1.807, 2.05) is 0 Å². The van der Waals surface area contributed by atoms with Crippen molar-refractivity contribution in [1.29, 1.82) is 0 Å². The van der Waals surface area contributed by atoms with Crippen LogP contribution >= 0.6 is 0 Å². The quantitative estimate of drug-likeness (QED) is 0.595. The summed E-state index contributed by atoms with van der Waals surface area (Å²) in [5, 5.41) is 2.45. The third-order valence-corrected chi connectivity index (χ3v) is 3.36. The van der Waals surface area contributed by atoms with Crippen molar-refractivity contribution >= 4 is 12.1 Å². The normalized spacial score (nSPS) is 13.5. The molecule has 25 heavy (non-hydrogen) atoms. The first-order valence-electron chi connectivity index (χ1n) is 8.54. The maximum absolute atomic E-state index is 12.0. The Balaban J connectivity index is 2.49. The number of carbonyl (C=O) groups excluding carboxylic acids is 2. The summed E-state index contributed by atoms with van der Waals surface area (Å²) >= 11 is 0. The Morgan fingerprint density at radius 1 is 1.08 bits per heavy atom. The third kappa shape index (κ3) is 8.42. The summed E-state index contributed by atoms with van der Waals surface area (Å²) in [6, 6.07) is 5.98. The first-order valence-corrected chi connectivity index (χ1v) is 8.54.